The number of nitrogen functional groups attached to an aromatic ring is 3. The number of aliphatic hydroxyl groups is 5. The summed E-state index contributed by atoms with van der Waals surface area (Å²) in [5.74, 6) is -0.00940. The number of phosphoric acid groups is 2. The number of hydrogen-bond acceptors (Lipinski definition) is 25. The summed E-state index contributed by atoms with van der Waals surface area (Å²) in [5, 5.41) is 54.0. The molecule has 13 N–H and O–H groups in total. The second-order valence-electron chi connectivity index (χ2n) is 14.4. The molecule has 3 saturated heterocycles. The Labute approximate surface area is 351 Å². The molecule has 3 aliphatic rings. The van der Waals surface area contributed by atoms with E-state index in [4.69, 9.17) is 49.5 Å². The number of nitrogens with two attached hydrogens (primary N) is 3. The highest BCUT2D eigenvalue weighted by molar-refractivity contribution is 7.47. The van der Waals surface area contributed by atoms with Crippen molar-refractivity contribution in [2.75, 3.05) is 37.0 Å². The summed E-state index contributed by atoms with van der Waals surface area (Å²) in [7, 11) is -10.5. The summed E-state index contributed by atoms with van der Waals surface area (Å²) in [6.45, 7) is -2.51. The Bertz CT molecular complexity index is 2750. The molecule has 0 bridgehead atoms. The van der Waals surface area contributed by atoms with Crippen molar-refractivity contribution in [1.82, 2.24) is 53.6 Å². The zero-order valence-corrected chi connectivity index (χ0v) is 33.7. The van der Waals surface area contributed by atoms with E-state index in [2.05, 4.69) is 39.9 Å². The van der Waals surface area contributed by atoms with Crippen LogP contribution in [0.4, 0.5) is 17.3 Å². The van der Waals surface area contributed by atoms with E-state index in [9.17, 15) is 44.4 Å². The van der Waals surface area contributed by atoms with Crippen LogP contribution in [-0.2, 0) is 41.4 Å². The maximum absolute atomic E-state index is 13.6. The van der Waals surface area contributed by atoms with Gasteiger partial charge < -0.3 is 66.7 Å². The lowest BCUT2D eigenvalue weighted by Gasteiger charge is -2.25. The predicted molar refractivity (Wildman–Crippen MR) is 206 cm³/mol. The molecule has 9 heterocycles. The fourth-order valence-corrected chi connectivity index (χ4v) is 9.32. The number of rotatable bonds is 14. The van der Waals surface area contributed by atoms with E-state index < -0.39 is 109 Å². The molecule has 32 heteroatoms. The lowest BCUT2D eigenvalue weighted by Crippen LogP contribution is -2.37. The van der Waals surface area contributed by atoms with Crippen molar-refractivity contribution in [2.45, 2.75) is 73.6 Å². The van der Waals surface area contributed by atoms with Crippen LogP contribution in [0, 0.1) is 0 Å². The molecule has 0 aliphatic carbocycles. The quantitative estimate of drug-likeness (QED) is 0.0486. The van der Waals surface area contributed by atoms with E-state index >= 15 is 0 Å². The SMILES string of the molecule is Nc1ncnc2c1ncn2[C@@H]1O[C@H](COP(=O)(O)O[C@@H]2[C@H](O)[C@@H](COP(=O)(O)O[C@@H]3[C@H](O)[C@@H](CO)O[C@H]3n3cnc4c(N)ccnc43)O[C@H]2n2cnc3c(N)ncnc32)[C@@H](O)[C@H]1O. The zero-order chi connectivity index (χ0) is 44.5. The molecule has 0 saturated carbocycles. The molecule has 63 heavy (non-hydrogen) atoms. The first kappa shape index (κ1) is 43.3. The number of nitrogens with zero attached hydrogens (tertiary/aromatic N) is 11. The van der Waals surface area contributed by atoms with Crippen molar-refractivity contribution in [3.8, 4) is 0 Å². The molecular formula is C31H38N14O16P2. The van der Waals surface area contributed by atoms with Crippen LogP contribution in [0.15, 0.2) is 43.9 Å². The summed E-state index contributed by atoms with van der Waals surface area (Å²) in [6.07, 6.45) is -11.8. The number of aliphatic hydroxyl groups excluding tert-OH is 5. The maximum atomic E-state index is 13.6. The van der Waals surface area contributed by atoms with Gasteiger partial charge in [-0.3, -0.25) is 31.8 Å². The Morgan fingerprint density at radius 1 is 0.587 bits per heavy atom. The minimum absolute atomic E-state index is 0.0178. The Balaban J connectivity index is 0.913. The number of pyridine rings is 1. The normalized spacial score (nSPS) is 31.9. The second-order valence-corrected chi connectivity index (χ2v) is 17.2. The van der Waals surface area contributed by atoms with Crippen LogP contribution in [-0.4, -0.2) is 164 Å². The lowest BCUT2D eigenvalue weighted by molar-refractivity contribution is -0.0645. The van der Waals surface area contributed by atoms with Crippen molar-refractivity contribution >= 4 is 66.5 Å². The number of anilines is 3. The first-order chi connectivity index (χ1) is 30.1. The summed E-state index contributed by atoms with van der Waals surface area (Å²) < 4.78 is 69.6. The first-order valence-electron chi connectivity index (χ1n) is 18.6. The van der Waals surface area contributed by atoms with Gasteiger partial charge in [0.05, 0.1) is 44.5 Å². The van der Waals surface area contributed by atoms with Crippen molar-refractivity contribution < 1.29 is 76.8 Å². The Kier molecular flexibility index (Phi) is 11.4. The van der Waals surface area contributed by atoms with E-state index in [1.54, 1.807) is 0 Å². The zero-order valence-electron chi connectivity index (χ0n) is 31.9. The van der Waals surface area contributed by atoms with E-state index in [0.717, 1.165) is 19.0 Å². The van der Waals surface area contributed by atoms with Crippen LogP contribution in [0.1, 0.15) is 18.7 Å². The summed E-state index contributed by atoms with van der Waals surface area (Å²) >= 11 is 0. The highest BCUT2D eigenvalue weighted by Crippen LogP contribution is 2.53. The molecule has 3 aliphatic heterocycles. The smallest absolute Gasteiger partial charge is 0.397 e. The number of imidazole rings is 3. The molecule has 2 unspecified atom stereocenters. The van der Waals surface area contributed by atoms with Gasteiger partial charge in [-0.15, -0.1) is 0 Å². The summed E-state index contributed by atoms with van der Waals surface area (Å²) in [4.78, 5) is 54.5. The van der Waals surface area contributed by atoms with Crippen molar-refractivity contribution in [3.05, 3.63) is 43.9 Å². The monoisotopic (exact) mass is 924 g/mol. The summed E-state index contributed by atoms with van der Waals surface area (Å²) in [5.41, 5.74) is 18.9. The van der Waals surface area contributed by atoms with E-state index in [1.807, 2.05) is 0 Å². The Morgan fingerprint density at radius 3 is 1.57 bits per heavy atom. The average Bonchev–Trinajstić information content (AvgIpc) is 4.11. The number of ether oxygens (including phenoxy) is 3. The van der Waals surface area contributed by atoms with Gasteiger partial charge >= 0.3 is 15.6 Å². The molecule has 0 radical (unpaired) electrons. The van der Waals surface area contributed by atoms with Gasteiger partial charge in [-0.25, -0.2) is 49.0 Å². The highest BCUT2D eigenvalue weighted by Gasteiger charge is 2.53. The summed E-state index contributed by atoms with van der Waals surface area (Å²) in [6, 6.07) is 1.49. The third-order valence-electron chi connectivity index (χ3n) is 10.5. The first-order valence-corrected chi connectivity index (χ1v) is 21.6. The predicted octanol–water partition coefficient (Wildman–Crippen LogP) is -3.01. The van der Waals surface area contributed by atoms with Gasteiger partial charge in [-0.1, -0.05) is 0 Å². The molecule has 6 aromatic heterocycles. The van der Waals surface area contributed by atoms with Crippen LogP contribution in [0.2, 0.25) is 0 Å². The second kappa shape index (κ2) is 16.5. The topological polar surface area (TPSA) is 436 Å². The maximum Gasteiger partial charge on any atom is 0.472 e. The van der Waals surface area contributed by atoms with Gasteiger partial charge in [0, 0.05) is 6.20 Å². The molecule has 0 aromatic carbocycles. The number of aromatic nitrogens is 11. The molecule has 0 spiro atoms. The van der Waals surface area contributed by atoms with Crippen LogP contribution >= 0.6 is 15.6 Å². The van der Waals surface area contributed by atoms with Gasteiger partial charge in [-0.2, -0.15) is 0 Å². The molecule has 14 atom stereocenters. The largest absolute Gasteiger partial charge is 0.472 e. The average molecular weight is 925 g/mol. The van der Waals surface area contributed by atoms with Gasteiger partial charge in [0.25, 0.3) is 0 Å². The van der Waals surface area contributed by atoms with Gasteiger partial charge in [0.1, 0.15) is 84.1 Å². The Hall–Kier alpha value is -4.98. The van der Waals surface area contributed by atoms with Crippen molar-refractivity contribution in [1.29, 1.82) is 0 Å². The van der Waals surface area contributed by atoms with Gasteiger partial charge in [-0.05, 0) is 6.07 Å². The van der Waals surface area contributed by atoms with Crippen LogP contribution in [0.25, 0.3) is 33.5 Å². The molecule has 338 valence electrons. The van der Waals surface area contributed by atoms with E-state index in [0.29, 0.717) is 0 Å². The number of fused-ring (bicyclic) bond motifs is 3. The van der Waals surface area contributed by atoms with Crippen molar-refractivity contribution in [2.24, 2.45) is 0 Å². The minimum Gasteiger partial charge on any atom is -0.397 e. The third-order valence-corrected chi connectivity index (χ3v) is 12.5. The van der Waals surface area contributed by atoms with E-state index in [1.165, 1.54) is 38.6 Å². The molecular weight excluding hydrogens is 886 g/mol. The lowest BCUT2D eigenvalue weighted by atomic mass is 10.1. The molecule has 6 aromatic rings. The van der Waals surface area contributed by atoms with E-state index in [-0.39, 0.29) is 50.8 Å². The fraction of sp³-hybridized carbons (Fsp3) is 0.484. The highest BCUT2D eigenvalue weighted by atomic mass is 31.2. The number of phosphoric ester groups is 2. The molecule has 9 rings (SSSR count). The van der Waals surface area contributed by atoms with Crippen LogP contribution in [0.5, 0.6) is 0 Å². The van der Waals surface area contributed by atoms with Gasteiger partial charge in [0.15, 0.2) is 47.3 Å². The van der Waals surface area contributed by atoms with Crippen LogP contribution in [0.3, 0.4) is 0 Å². The number of hydrogen-bond donors (Lipinski definition) is 10. The van der Waals surface area contributed by atoms with Gasteiger partial charge in [0.2, 0.25) is 0 Å². The fourth-order valence-electron chi connectivity index (χ4n) is 7.45. The third kappa shape index (κ3) is 7.88. The molecule has 3 fully saturated rings. The minimum atomic E-state index is -5.29. The molecule has 0 amide bonds. The van der Waals surface area contributed by atoms with Crippen LogP contribution < -0.4 is 17.2 Å². The molecule has 30 nitrogen and oxygen atoms in total. The Morgan fingerprint density at radius 2 is 1.03 bits per heavy atom. The standard InChI is InChI=1S/C31H38N14O16P2/c32-11-1-2-35-26-15(11)40-8-44(26)30-22(19(48)12(3-46)57-30)60-63(53,54)56-5-14-20(49)23(31(59-14)45-10-42-17-25(34)37-7-39-28(17)45)61-62(51,52)55-4-13-18(47)21(50)29(58-13)43-9-41-16-24(33)36-6-38-27(16)43/h1-2,6-10,12-14,18-23,29-31,46-50H,3-5H2,(H2,32,35)(H,51,52)(H,53,54)(H2,33,36,38)(H2,34,37,39)/t12-,13-,14-,18-,19-,20-,21-,22-,23-,29-,30-,31-/m1/s1. The van der Waals surface area contributed by atoms with Crippen molar-refractivity contribution in [3.63, 3.8) is 0 Å².